The van der Waals surface area contributed by atoms with E-state index in [2.05, 4.69) is 10.3 Å². The zero-order valence-electron chi connectivity index (χ0n) is 7.29. The van der Waals surface area contributed by atoms with Crippen LogP contribution in [0, 0.1) is 0 Å². The number of nitrogens with zero attached hydrogens (tertiary/aromatic N) is 3. The van der Waals surface area contributed by atoms with Crippen LogP contribution in [-0.4, -0.2) is 25.1 Å². The Labute approximate surface area is 68.5 Å². The van der Waals surface area contributed by atoms with Gasteiger partial charge in [0, 0.05) is 13.6 Å². The second-order valence-electron chi connectivity index (χ2n) is 3.10. The average molecular weight is 155 g/mol. The molecule has 1 aliphatic rings. The highest BCUT2D eigenvalue weighted by atomic mass is 15.5. The van der Waals surface area contributed by atoms with Crippen LogP contribution in [0.2, 0.25) is 0 Å². The van der Waals surface area contributed by atoms with Gasteiger partial charge in [-0.25, -0.2) is 0 Å². The van der Waals surface area contributed by atoms with E-state index < -0.39 is 0 Å². The van der Waals surface area contributed by atoms with E-state index in [1.807, 2.05) is 12.1 Å². The van der Waals surface area contributed by atoms with E-state index in [1.54, 1.807) is 0 Å². The van der Waals surface area contributed by atoms with Crippen LogP contribution in [0.5, 0.6) is 0 Å². The lowest BCUT2D eigenvalue weighted by Gasteiger charge is -2.11. The summed E-state index contributed by atoms with van der Waals surface area (Å²) in [5.74, 6) is 0. The third-order valence-corrected chi connectivity index (χ3v) is 1.96. The predicted molar refractivity (Wildman–Crippen MR) is 45.4 cm³/mol. The summed E-state index contributed by atoms with van der Waals surface area (Å²) in [6.45, 7) is 1.97. The molecular weight excluding hydrogens is 138 g/mol. The summed E-state index contributed by atoms with van der Waals surface area (Å²) >= 11 is 0. The number of rotatable bonds is 0. The monoisotopic (exact) mass is 155 g/mol. The van der Waals surface area contributed by atoms with Gasteiger partial charge in [0.15, 0.2) is 0 Å². The van der Waals surface area contributed by atoms with Crippen molar-refractivity contribution in [3.05, 3.63) is 0 Å². The van der Waals surface area contributed by atoms with Crippen LogP contribution in [-0.2, 0) is 0 Å². The van der Waals surface area contributed by atoms with Crippen molar-refractivity contribution in [1.82, 2.24) is 5.01 Å². The molecule has 0 amide bonds. The van der Waals surface area contributed by atoms with E-state index in [0.29, 0.717) is 0 Å². The molecule has 1 aliphatic heterocycles. The van der Waals surface area contributed by atoms with Crippen LogP contribution >= 0.6 is 0 Å². The summed E-state index contributed by atoms with van der Waals surface area (Å²) in [5.41, 5.74) is 0. The summed E-state index contributed by atoms with van der Waals surface area (Å²) in [5, 5.41) is 10.0. The van der Waals surface area contributed by atoms with Crippen molar-refractivity contribution in [3.63, 3.8) is 0 Å². The van der Waals surface area contributed by atoms with Crippen molar-refractivity contribution >= 4 is 0 Å². The van der Waals surface area contributed by atoms with Crippen LogP contribution in [0.4, 0.5) is 0 Å². The topological polar surface area (TPSA) is 28.0 Å². The van der Waals surface area contributed by atoms with Crippen molar-refractivity contribution in [2.24, 2.45) is 10.3 Å². The molecule has 0 aromatic carbocycles. The van der Waals surface area contributed by atoms with Gasteiger partial charge < -0.3 is 0 Å². The Kier molecular flexibility index (Phi) is 3.94. The molecule has 0 spiro atoms. The zero-order chi connectivity index (χ0) is 7.94. The van der Waals surface area contributed by atoms with Gasteiger partial charge in [0.25, 0.3) is 0 Å². The van der Waals surface area contributed by atoms with E-state index in [9.17, 15) is 0 Å². The minimum atomic E-state index is 0.907. The molecule has 1 rings (SSSR count). The molecule has 0 N–H and O–H groups in total. The minimum Gasteiger partial charge on any atom is -0.282 e. The Balaban J connectivity index is 2.26. The van der Waals surface area contributed by atoms with E-state index in [0.717, 1.165) is 13.1 Å². The van der Waals surface area contributed by atoms with Gasteiger partial charge in [-0.15, -0.1) is 0 Å². The van der Waals surface area contributed by atoms with Gasteiger partial charge in [-0.3, -0.25) is 5.01 Å². The van der Waals surface area contributed by atoms with Crippen molar-refractivity contribution in [3.8, 4) is 0 Å². The van der Waals surface area contributed by atoms with Gasteiger partial charge in [-0.2, -0.15) is 5.11 Å². The lowest BCUT2D eigenvalue weighted by atomic mass is 10.1. The fourth-order valence-electron chi connectivity index (χ4n) is 1.25. The van der Waals surface area contributed by atoms with Gasteiger partial charge in [0.1, 0.15) is 0 Å². The molecule has 0 atom stereocenters. The van der Waals surface area contributed by atoms with Crippen LogP contribution < -0.4 is 0 Å². The van der Waals surface area contributed by atoms with Crippen molar-refractivity contribution < 1.29 is 0 Å². The maximum atomic E-state index is 4.06. The van der Waals surface area contributed by atoms with Crippen LogP contribution in [0.3, 0.4) is 0 Å². The van der Waals surface area contributed by atoms with E-state index >= 15 is 0 Å². The molecule has 3 heteroatoms. The van der Waals surface area contributed by atoms with Crippen LogP contribution in [0.25, 0.3) is 0 Å². The third kappa shape index (κ3) is 3.96. The Bertz CT molecular complexity index is 123. The largest absolute Gasteiger partial charge is 0.282 e. The molecule has 3 nitrogen and oxygen atoms in total. The summed E-state index contributed by atoms with van der Waals surface area (Å²) in [6.07, 6.45) is 6.50. The molecule has 0 saturated carbocycles. The van der Waals surface area contributed by atoms with E-state index in [1.165, 1.54) is 32.1 Å². The standard InChI is InChI=1S/C8H17N3/c1-11-8-6-4-2-3-5-7-9-10-11/h2-8H2,1H3. The molecule has 64 valence electrons. The first kappa shape index (κ1) is 8.50. The van der Waals surface area contributed by atoms with Crippen molar-refractivity contribution in [2.75, 3.05) is 20.1 Å². The highest BCUT2D eigenvalue weighted by Gasteiger charge is 1.96. The maximum absolute atomic E-state index is 4.06. The molecular formula is C8H17N3. The molecule has 0 bridgehead atoms. The summed E-state index contributed by atoms with van der Waals surface area (Å²) in [7, 11) is 1.99. The van der Waals surface area contributed by atoms with Gasteiger partial charge in [0.05, 0.1) is 6.54 Å². The molecule has 0 radical (unpaired) electrons. The number of hydrogen-bond donors (Lipinski definition) is 0. The lowest BCUT2D eigenvalue weighted by Crippen LogP contribution is -2.12. The Hall–Kier alpha value is -0.600. The summed E-state index contributed by atoms with van der Waals surface area (Å²) in [4.78, 5) is 0. The third-order valence-electron chi connectivity index (χ3n) is 1.96. The van der Waals surface area contributed by atoms with E-state index in [4.69, 9.17) is 0 Å². The van der Waals surface area contributed by atoms with Crippen molar-refractivity contribution in [2.45, 2.75) is 32.1 Å². The molecule has 0 aromatic heterocycles. The first-order valence-corrected chi connectivity index (χ1v) is 4.48. The van der Waals surface area contributed by atoms with Crippen molar-refractivity contribution in [1.29, 1.82) is 0 Å². The van der Waals surface area contributed by atoms with Gasteiger partial charge in [-0.05, 0) is 12.8 Å². The second kappa shape index (κ2) is 5.10. The average Bonchev–Trinajstić information content (AvgIpc) is 2.03. The summed E-state index contributed by atoms with van der Waals surface area (Å²) < 4.78 is 0. The minimum absolute atomic E-state index is 0.907. The summed E-state index contributed by atoms with van der Waals surface area (Å²) in [6, 6.07) is 0. The second-order valence-corrected chi connectivity index (χ2v) is 3.10. The van der Waals surface area contributed by atoms with E-state index in [-0.39, 0.29) is 0 Å². The SMILES string of the molecule is CN1CCCCCCCN=N1. The van der Waals surface area contributed by atoms with Crippen LogP contribution in [0.1, 0.15) is 32.1 Å². The molecule has 0 fully saturated rings. The number of hydrogen-bond acceptors (Lipinski definition) is 3. The highest BCUT2D eigenvalue weighted by Crippen LogP contribution is 2.06. The molecule has 0 unspecified atom stereocenters. The normalized spacial score (nSPS) is 21.7. The molecule has 1 heterocycles. The Morgan fingerprint density at radius 1 is 1.00 bits per heavy atom. The molecule has 0 saturated heterocycles. The Morgan fingerprint density at radius 3 is 2.64 bits per heavy atom. The van der Waals surface area contributed by atoms with Crippen LogP contribution in [0.15, 0.2) is 10.3 Å². The maximum Gasteiger partial charge on any atom is 0.0620 e. The zero-order valence-corrected chi connectivity index (χ0v) is 7.29. The highest BCUT2D eigenvalue weighted by molar-refractivity contribution is 4.51. The molecule has 0 aromatic rings. The van der Waals surface area contributed by atoms with Gasteiger partial charge in [-0.1, -0.05) is 24.5 Å². The van der Waals surface area contributed by atoms with Gasteiger partial charge >= 0.3 is 0 Å². The molecule has 11 heavy (non-hydrogen) atoms. The Morgan fingerprint density at radius 2 is 1.73 bits per heavy atom. The first-order chi connectivity index (χ1) is 5.39. The fraction of sp³-hybridized carbons (Fsp3) is 1.00. The smallest absolute Gasteiger partial charge is 0.0620 e. The first-order valence-electron chi connectivity index (χ1n) is 4.48. The quantitative estimate of drug-likeness (QED) is 0.527. The lowest BCUT2D eigenvalue weighted by molar-refractivity contribution is 0.310. The van der Waals surface area contributed by atoms with Gasteiger partial charge in [0.2, 0.25) is 0 Å². The molecule has 0 aliphatic carbocycles. The fourth-order valence-corrected chi connectivity index (χ4v) is 1.25. The predicted octanol–water partition coefficient (Wildman–Crippen LogP) is 2.25.